The number of imidazole rings is 1. The van der Waals surface area contributed by atoms with Gasteiger partial charge in [-0.15, -0.1) is 0 Å². The number of carbonyl (C=O) groups excluding carboxylic acids is 1. The minimum Gasteiger partial charge on any atom is -0.349 e. The van der Waals surface area contributed by atoms with Crippen LogP contribution in [0.25, 0.3) is 5.65 Å². The van der Waals surface area contributed by atoms with Crippen LogP contribution < -0.4 is 5.32 Å². The van der Waals surface area contributed by atoms with E-state index < -0.39 is 20.5 Å². The van der Waals surface area contributed by atoms with Crippen LogP contribution in [-0.2, 0) is 21.2 Å². The van der Waals surface area contributed by atoms with Crippen molar-refractivity contribution in [3.63, 3.8) is 0 Å². The summed E-state index contributed by atoms with van der Waals surface area (Å²) in [5.41, 5.74) is 4.12. The van der Waals surface area contributed by atoms with E-state index in [0.717, 1.165) is 29.6 Å². The van der Waals surface area contributed by atoms with Gasteiger partial charge < -0.3 is 9.72 Å². The van der Waals surface area contributed by atoms with Gasteiger partial charge in [-0.25, -0.2) is 13.4 Å². The van der Waals surface area contributed by atoms with Crippen molar-refractivity contribution in [1.82, 2.24) is 14.7 Å². The molecule has 0 unspecified atom stereocenters. The maximum Gasteiger partial charge on any atom is 0.242 e. The Morgan fingerprint density at radius 2 is 1.87 bits per heavy atom. The quantitative estimate of drug-likeness (QED) is 0.676. The number of hydrogen-bond donors (Lipinski definition) is 1. The number of hydrogen-bond acceptors (Lipinski definition) is 4. The Morgan fingerprint density at radius 1 is 1.13 bits per heavy atom. The predicted molar refractivity (Wildman–Crippen MR) is 116 cm³/mol. The number of amides is 1. The van der Waals surface area contributed by atoms with Gasteiger partial charge in [0, 0.05) is 12.4 Å². The van der Waals surface area contributed by atoms with Crippen molar-refractivity contribution < 1.29 is 13.2 Å². The smallest absolute Gasteiger partial charge is 0.242 e. The molecule has 1 aromatic carbocycles. The van der Waals surface area contributed by atoms with Crippen LogP contribution in [0.1, 0.15) is 48.1 Å². The Balaban J connectivity index is 1.64. The summed E-state index contributed by atoms with van der Waals surface area (Å²) in [7, 11) is -3.83. The number of pyridine rings is 1. The monoisotopic (exact) mass is 425 g/mol. The van der Waals surface area contributed by atoms with Gasteiger partial charge in [0.2, 0.25) is 5.91 Å². The van der Waals surface area contributed by atoms with E-state index in [4.69, 9.17) is 0 Å². The van der Waals surface area contributed by atoms with Crippen molar-refractivity contribution >= 4 is 21.4 Å². The number of sulfone groups is 1. The molecule has 0 bridgehead atoms. The summed E-state index contributed by atoms with van der Waals surface area (Å²) >= 11 is 0. The van der Waals surface area contributed by atoms with E-state index in [1.165, 1.54) is 0 Å². The molecule has 2 aromatic heterocycles. The first-order valence-corrected chi connectivity index (χ1v) is 11.8. The van der Waals surface area contributed by atoms with E-state index in [1.807, 2.05) is 54.9 Å². The molecular weight excluding hydrogens is 398 g/mol. The zero-order valence-electron chi connectivity index (χ0n) is 17.6. The molecule has 1 amide bonds. The number of aryl methyl sites for hydroxylation is 3. The van der Waals surface area contributed by atoms with Gasteiger partial charge in [-0.3, -0.25) is 4.79 Å². The Kier molecular flexibility index (Phi) is 5.18. The number of nitrogens with zero attached hydrogens (tertiary/aromatic N) is 2. The van der Waals surface area contributed by atoms with Crippen LogP contribution in [-0.4, -0.2) is 28.5 Å². The van der Waals surface area contributed by atoms with Crippen molar-refractivity contribution in [2.24, 2.45) is 0 Å². The molecule has 7 heteroatoms. The van der Waals surface area contributed by atoms with E-state index in [0.29, 0.717) is 24.1 Å². The average molecular weight is 426 g/mol. The summed E-state index contributed by atoms with van der Waals surface area (Å²) < 4.78 is 27.9. The van der Waals surface area contributed by atoms with Gasteiger partial charge in [0.1, 0.15) is 5.65 Å². The molecule has 30 heavy (non-hydrogen) atoms. The van der Waals surface area contributed by atoms with Gasteiger partial charge in [0.25, 0.3) is 0 Å². The highest BCUT2D eigenvalue weighted by molar-refractivity contribution is 7.93. The minimum absolute atomic E-state index is 0.198. The van der Waals surface area contributed by atoms with E-state index in [1.54, 1.807) is 13.0 Å². The molecule has 1 N–H and O–H groups in total. The van der Waals surface area contributed by atoms with Crippen LogP contribution >= 0.6 is 0 Å². The van der Waals surface area contributed by atoms with Crippen LogP contribution in [0, 0.1) is 20.8 Å². The van der Waals surface area contributed by atoms with Crippen LogP contribution in [0.2, 0.25) is 0 Å². The van der Waals surface area contributed by atoms with Gasteiger partial charge in [-0.2, -0.15) is 0 Å². The lowest BCUT2D eigenvalue weighted by Crippen LogP contribution is -2.50. The molecule has 0 saturated heterocycles. The van der Waals surface area contributed by atoms with Crippen LogP contribution in [0.5, 0.6) is 0 Å². The zero-order valence-corrected chi connectivity index (χ0v) is 18.4. The average Bonchev–Trinajstić information content (AvgIpc) is 3.36. The third-order valence-electron chi connectivity index (χ3n) is 6.13. The fourth-order valence-corrected chi connectivity index (χ4v) is 6.79. The van der Waals surface area contributed by atoms with E-state index in [-0.39, 0.29) is 11.4 Å². The second kappa shape index (κ2) is 7.54. The second-order valence-electron chi connectivity index (χ2n) is 8.31. The summed E-state index contributed by atoms with van der Waals surface area (Å²) in [6, 6.07) is 9.30. The lowest BCUT2D eigenvalue weighted by molar-refractivity contribution is -0.123. The first-order chi connectivity index (χ1) is 14.2. The highest BCUT2D eigenvalue weighted by Crippen LogP contribution is 2.41. The molecule has 0 atom stereocenters. The molecule has 1 aliphatic rings. The number of fused-ring (bicyclic) bond motifs is 1. The van der Waals surface area contributed by atoms with E-state index >= 15 is 0 Å². The second-order valence-corrected chi connectivity index (χ2v) is 10.5. The van der Waals surface area contributed by atoms with Crippen molar-refractivity contribution in [3.05, 3.63) is 65.1 Å². The SMILES string of the molecule is Cc1ccc(C)c(S(=O)(=O)C2(C(=O)NCc3cn4cccc(C)c4n3)CCCC2)c1. The highest BCUT2D eigenvalue weighted by Gasteiger charge is 2.53. The Bertz CT molecular complexity index is 1220. The topological polar surface area (TPSA) is 80.5 Å². The zero-order chi connectivity index (χ0) is 21.5. The summed E-state index contributed by atoms with van der Waals surface area (Å²) in [5.74, 6) is -0.422. The Labute approximate surface area is 177 Å². The first kappa shape index (κ1) is 20.6. The molecule has 1 saturated carbocycles. The van der Waals surface area contributed by atoms with E-state index in [9.17, 15) is 13.2 Å². The summed E-state index contributed by atoms with van der Waals surface area (Å²) in [4.78, 5) is 18.2. The number of aromatic nitrogens is 2. The lowest BCUT2D eigenvalue weighted by atomic mass is 10.1. The van der Waals surface area contributed by atoms with Gasteiger partial charge in [-0.1, -0.05) is 31.0 Å². The highest BCUT2D eigenvalue weighted by atomic mass is 32.2. The van der Waals surface area contributed by atoms with Gasteiger partial charge >= 0.3 is 0 Å². The van der Waals surface area contributed by atoms with Crippen molar-refractivity contribution in [2.45, 2.75) is 62.6 Å². The summed E-state index contributed by atoms with van der Waals surface area (Å²) in [6.45, 7) is 5.83. The molecule has 158 valence electrons. The van der Waals surface area contributed by atoms with E-state index in [2.05, 4.69) is 10.3 Å². The third-order valence-corrected chi connectivity index (χ3v) is 8.77. The first-order valence-electron chi connectivity index (χ1n) is 10.3. The fraction of sp³-hybridized carbons (Fsp3) is 0.391. The summed E-state index contributed by atoms with van der Waals surface area (Å²) in [6.07, 6.45) is 5.92. The molecule has 4 rings (SSSR count). The maximum atomic E-state index is 13.7. The molecule has 3 aromatic rings. The molecule has 6 nitrogen and oxygen atoms in total. The van der Waals surface area contributed by atoms with Crippen molar-refractivity contribution in [1.29, 1.82) is 0 Å². The summed E-state index contributed by atoms with van der Waals surface area (Å²) in [5, 5.41) is 2.88. The van der Waals surface area contributed by atoms with Crippen molar-refractivity contribution in [2.75, 3.05) is 0 Å². The van der Waals surface area contributed by atoms with Crippen LogP contribution in [0.15, 0.2) is 47.6 Å². The fourth-order valence-electron chi connectivity index (χ4n) is 4.39. The Hall–Kier alpha value is -2.67. The van der Waals surface area contributed by atoms with Crippen LogP contribution in [0.3, 0.4) is 0 Å². The van der Waals surface area contributed by atoms with Gasteiger partial charge in [-0.05, 0) is 62.4 Å². The van der Waals surface area contributed by atoms with Crippen molar-refractivity contribution in [3.8, 4) is 0 Å². The molecule has 2 heterocycles. The number of rotatable bonds is 5. The minimum atomic E-state index is -3.83. The molecule has 0 radical (unpaired) electrons. The molecule has 0 spiro atoms. The van der Waals surface area contributed by atoms with Gasteiger partial charge in [0.05, 0.1) is 17.1 Å². The molecule has 0 aliphatic heterocycles. The molecular formula is C23H27N3O3S. The Morgan fingerprint density at radius 3 is 2.57 bits per heavy atom. The third kappa shape index (κ3) is 3.31. The number of carbonyl (C=O) groups is 1. The standard InChI is InChI=1S/C23H27N3O3S/c1-16-8-9-17(2)20(13-16)30(28,29)23(10-4-5-11-23)22(27)24-14-19-15-26-12-6-7-18(3)21(26)25-19/h6-9,12-13,15H,4-5,10-11,14H2,1-3H3,(H,24,27). The molecule has 1 aliphatic carbocycles. The molecule has 1 fully saturated rings. The van der Waals surface area contributed by atoms with Crippen LogP contribution in [0.4, 0.5) is 0 Å². The lowest BCUT2D eigenvalue weighted by Gasteiger charge is -2.28. The number of nitrogens with one attached hydrogen (secondary N) is 1. The largest absolute Gasteiger partial charge is 0.349 e. The maximum absolute atomic E-state index is 13.7. The predicted octanol–water partition coefficient (Wildman–Crippen LogP) is 3.66. The van der Waals surface area contributed by atoms with Gasteiger partial charge in [0.15, 0.2) is 14.6 Å². The normalized spacial score (nSPS) is 16.1. The number of benzene rings is 1.